The third-order valence-corrected chi connectivity index (χ3v) is 9.20. The van der Waals surface area contributed by atoms with E-state index in [0.29, 0.717) is 45.4 Å². The Hall–Kier alpha value is -0.753. The standard InChI is InChI=1S/C22H43NO8Si/c1-5-22(16-25-17-22)18-26-31-20-12-10-19(11-13-20)30-21(24)23-14-9-15-32(27-6-2,28-7-3)29-8-4/h19-20H,5-18H2,1-4H3,(H,23,24). The summed E-state index contributed by atoms with van der Waals surface area (Å²) in [6, 6.07) is 0.663. The first-order chi connectivity index (χ1) is 15.5. The van der Waals surface area contributed by atoms with Crippen molar-refractivity contribution in [1.82, 2.24) is 5.32 Å². The fourth-order valence-corrected chi connectivity index (χ4v) is 6.58. The molecular weight excluding hydrogens is 434 g/mol. The number of alkyl carbamates (subject to hydrolysis) is 1. The van der Waals surface area contributed by atoms with Gasteiger partial charge in [0.1, 0.15) is 6.10 Å². The van der Waals surface area contributed by atoms with Crippen molar-refractivity contribution in [2.24, 2.45) is 5.41 Å². The summed E-state index contributed by atoms with van der Waals surface area (Å²) in [4.78, 5) is 23.3. The minimum absolute atomic E-state index is 0.0570. The van der Waals surface area contributed by atoms with Gasteiger partial charge in [-0.2, -0.15) is 0 Å². The summed E-state index contributed by atoms with van der Waals surface area (Å²) in [6.07, 6.45) is 4.52. The molecule has 0 aromatic rings. The molecule has 0 aromatic carbocycles. The number of rotatable bonds is 16. The van der Waals surface area contributed by atoms with Crippen molar-refractivity contribution in [2.45, 2.75) is 84.5 Å². The highest BCUT2D eigenvalue weighted by atomic mass is 28.4. The van der Waals surface area contributed by atoms with Crippen molar-refractivity contribution in [1.29, 1.82) is 0 Å². The molecule has 1 saturated carbocycles. The lowest BCUT2D eigenvalue weighted by Gasteiger charge is -2.40. The van der Waals surface area contributed by atoms with E-state index in [1.807, 2.05) is 20.8 Å². The molecule has 2 rings (SSSR count). The molecule has 0 unspecified atom stereocenters. The summed E-state index contributed by atoms with van der Waals surface area (Å²) in [5.41, 5.74) is 0.120. The van der Waals surface area contributed by atoms with Gasteiger partial charge < -0.3 is 28.1 Å². The van der Waals surface area contributed by atoms with E-state index < -0.39 is 8.80 Å². The summed E-state index contributed by atoms with van der Waals surface area (Å²) in [7, 11) is -2.67. The highest BCUT2D eigenvalue weighted by Crippen LogP contribution is 2.32. The first-order valence-corrected chi connectivity index (χ1v) is 14.2. The lowest BCUT2D eigenvalue weighted by molar-refractivity contribution is -0.355. The third-order valence-electron chi connectivity index (χ3n) is 6.05. The summed E-state index contributed by atoms with van der Waals surface area (Å²) in [5.74, 6) is 0. The molecule has 1 N–H and O–H groups in total. The Morgan fingerprint density at radius 1 is 0.969 bits per heavy atom. The van der Waals surface area contributed by atoms with Gasteiger partial charge in [-0.3, -0.25) is 0 Å². The molecule has 0 radical (unpaired) electrons. The SMILES string of the molecule is CCO[Si](CCCNC(=O)OC1CCC(OOCC2(CC)COC2)CC1)(OCC)OCC. The fraction of sp³-hybridized carbons (Fsp3) is 0.955. The molecule has 1 amide bonds. The summed E-state index contributed by atoms with van der Waals surface area (Å²) in [6.45, 7) is 12.2. The van der Waals surface area contributed by atoms with Gasteiger partial charge in [-0.15, -0.1) is 0 Å². The molecule has 0 bridgehead atoms. The van der Waals surface area contributed by atoms with Crippen molar-refractivity contribution in [2.75, 3.05) is 46.2 Å². The van der Waals surface area contributed by atoms with Crippen LogP contribution in [0.4, 0.5) is 4.79 Å². The summed E-state index contributed by atoms with van der Waals surface area (Å²) < 4.78 is 28.4. The van der Waals surface area contributed by atoms with Crippen molar-refractivity contribution in [3.63, 3.8) is 0 Å². The van der Waals surface area contributed by atoms with Crippen molar-refractivity contribution >= 4 is 14.9 Å². The largest absolute Gasteiger partial charge is 0.500 e. The van der Waals surface area contributed by atoms with Gasteiger partial charge in [0.05, 0.1) is 25.9 Å². The monoisotopic (exact) mass is 477 g/mol. The maximum absolute atomic E-state index is 12.2. The number of hydrogen-bond donors (Lipinski definition) is 1. The van der Waals surface area contributed by atoms with Gasteiger partial charge in [-0.25, -0.2) is 14.6 Å². The van der Waals surface area contributed by atoms with Crippen LogP contribution in [0.2, 0.25) is 6.04 Å². The van der Waals surface area contributed by atoms with Gasteiger partial charge >= 0.3 is 14.9 Å². The predicted molar refractivity (Wildman–Crippen MR) is 121 cm³/mol. The highest BCUT2D eigenvalue weighted by molar-refractivity contribution is 6.60. The van der Waals surface area contributed by atoms with Crippen LogP contribution in [-0.4, -0.2) is 73.3 Å². The highest BCUT2D eigenvalue weighted by Gasteiger charge is 2.40. The average Bonchev–Trinajstić information content (AvgIpc) is 2.75. The van der Waals surface area contributed by atoms with Crippen LogP contribution in [0.25, 0.3) is 0 Å². The summed E-state index contributed by atoms with van der Waals surface area (Å²) in [5, 5.41) is 2.84. The Balaban J connectivity index is 1.57. The van der Waals surface area contributed by atoms with Crippen LogP contribution in [0.3, 0.4) is 0 Å². The van der Waals surface area contributed by atoms with Gasteiger partial charge in [0.15, 0.2) is 0 Å². The second-order valence-corrected chi connectivity index (χ2v) is 11.3. The Kier molecular flexibility index (Phi) is 12.5. The molecule has 9 nitrogen and oxygen atoms in total. The van der Waals surface area contributed by atoms with Crippen LogP contribution >= 0.6 is 0 Å². The van der Waals surface area contributed by atoms with Crippen LogP contribution in [0, 0.1) is 5.41 Å². The lowest BCUT2D eigenvalue weighted by Crippen LogP contribution is -2.46. The zero-order chi connectivity index (χ0) is 23.3. The zero-order valence-corrected chi connectivity index (χ0v) is 21.3. The molecule has 2 fully saturated rings. The Morgan fingerprint density at radius 2 is 1.56 bits per heavy atom. The molecule has 188 valence electrons. The maximum Gasteiger partial charge on any atom is 0.500 e. The first kappa shape index (κ1) is 27.5. The zero-order valence-electron chi connectivity index (χ0n) is 20.3. The van der Waals surface area contributed by atoms with Crippen molar-refractivity contribution < 1.29 is 37.3 Å². The second kappa shape index (κ2) is 14.5. The van der Waals surface area contributed by atoms with Gasteiger partial charge in [0.2, 0.25) is 0 Å². The molecule has 0 aromatic heterocycles. The predicted octanol–water partition coefficient (Wildman–Crippen LogP) is 3.84. The first-order valence-electron chi connectivity index (χ1n) is 12.2. The molecule has 1 aliphatic carbocycles. The molecule has 1 heterocycles. The minimum atomic E-state index is -2.67. The van der Waals surface area contributed by atoms with E-state index in [1.54, 1.807) is 0 Å². The fourth-order valence-electron chi connectivity index (χ4n) is 3.97. The van der Waals surface area contributed by atoms with E-state index in [4.69, 9.17) is 32.5 Å². The topological polar surface area (TPSA) is 93.7 Å². The number of carbonyl (C=O) groups excluding carboxylic acids is 1. The van der Waals surface area contributed by atoms with Gasteiger partial charge in [-0.05, 0) is 59.3 Å². The van der Waals surface area contributed by atoms with Gasteiger partial charge in [0, 0.05) is 37.8 Å². The molecule has 32 heavy (non-hydrogen) atoms. The van der Waals surface area contributed by atoms with E-state index in [2.05, 4.69) is 12.2 Å². The molecule has 10 heteroatoms. The lowest BCUT2D eigenvalue weighted by atomic mass is 9.84. The van der Waals surface area contributed by atoms with Crippen molar-refractivity contribution in [3.05, 3.63) is 0 Å². The Labute approximate surface area is 194 Å². The quantitative estimate of drug-likeness (QED) is 0.155. The molecule has 0 atom stereocenters. The van der Waals surface area contributed by atoms with E-state index in [1.165, 1.54) is 0 Å². The maximum atomic E-state index is 12.2. The van der Waals surface area contributed by atoms with Gasteiger partial charge in [0.25, 0.3) is 0 Å². The average molecular weight is 478 g/mol. The third kappa shape index (κ3) is 8.89. The number of hydrogen-bond acceptors (Lipinski definition) is 8. The molecule has 0 spiro atoms. The van der Waals surface area contributed by atoms with Gasteiger partial charge in [-0.1, -0.05) is 6.92 Å². The van der Waals surface area contributed by atoms with Crippen LogP contribution in [0.1, 0.15) is 66.2 Å². The minimum Gasteiger partial charge on any atom is -0.446 e. The Morgan fingerprint density at radius 3 is 2.06 bits per heavy atom. The number of ether oxygens (including phenoxy) is 2. The number of nitrogens with one attached hydrogen (secondary N) is 1. The van der Waals surface area contributed by atoms with Crippen LogP contribution in [-0.2, 0) is 32.5 Å². The smallest absolute Gasteiger partial charge is 0.446 e. The van der Waals surface area contributed by atoms with E-state index in [9.17, 15) is 4.79 Å². The second-order valence-electron chi connectivity index (χ2n) is 8.52. The van der Waals surface area contributed by atoms with Crippen LogP contribution in [0.15, 0.2) is 0 Å². The number of amides is 1. The molecule has 1 aliphatic heterocycles. The molecular formula is C22H43NO8Si. The van der Waals surface area contributed by atoms with Crippen LogP contribution in [0.5, 0.6) is 0 Å². The van der Waals surface area contributed by atoms with E-state index in [0.717, 1.165) is 45.3 Å². The van der Waals surface area contributed by atoms with Crippen LogP contribution < -0.4 is 5.32 Å². The Bertz CT molecular complexity index is 504. The normalized spacial score (nSPS) is 22.9. The number of carbonyl (C=O) groups is 1. The van der Waals surface area contributed by atoms with E-state index >= 15 is 0 Å². The molecule has 1 saturated heterocycles. The molecule has 2 aliphatic rings. The summed E-state index contributed by atoms with van der Waals surface area (Å²) >= 11 is 0. The van der Waals surface area contributed by atoms with E-state index in [-0.39, 0.29) is 23.7 Å². The van der Waals surface area contributed by atoms with Crippen molar-refractivity contribution in [3.8, 4) is 0 Å².